The summed E-state index contributed by atoms with van der Waals surface area (Å²) in [4.78, 5) is 17.1. The first-order chi connectivity index (χ1) is 13.5. The minimum atomic E-state index is -0.342. The van der Waals surface area contributed by atoms with Gasteiger partial charge in [0.2, 0.25) is 4.96 Å². The molecule has 0 fully saturated rings. The average Bonchev–Trinajstić information content (AvgIpc) is 3.21. The highest BCUT2D eigenvalue weighted by Gasteiger charge is 2.15. The molecule has 0 aliphatic heterocycles. The maximum atomic E-state index is 12.2. The second-order valence-electron chi connectivity index (χ2n) is 6.03. The fourth-order valence-corrected chi connectivity index (χ4v) is 3.96. The van der Waals surface area contributed by atoms with Crippen molar-refractivity contribution < 1.29 is 9.53 Å². The van der Waals surface area contributed by atoms with Crippen molar-refractivity contribution in [3.05, 3.63) is 63.5 Å². The van der Waals surface area contributed by atoms with Crippen LogP contribution in [0.4, 0.5) is 5.95 Å². The number of hydrogen-bond acceptors (Lipinski definition) is 5. The first kappa shape index (κ1) is 18.7. The molecule has 28 heavy (non-hydrogen) atoms. The fourth-order valence-electron chi connectivity index (χ4n) is 2.63. The Morgan fingerprint density at radius 2 is 2.11 bits per heavy atom. The third-order valence-electron chi connectivity index (χ3n) is 3.90. The van der Waals surface area contributed by atoms with Crippen LogP contribution in [0.15, 0.2) is 47.8 Å². The van der Waals surface area contributed by atoms with Gasteiger partial charge in [-0.2, -0.15) is 4.98 Å². The number of carbonyl (C=O) groups excluding carboxylic acids is 1. The lowest BCUT2D eigenvalue weighted by atomic mass is 10.2. The highest BCUT2D eigenvalue weighted by molar-refractivity contribution is 7.15. The van der Waals surface area contributed by atoms with Gasteiger partial charge < -0.3 is 4.74 Å². The van der Waals surface area contributed by atoms with Gasteiger partial charge in [0.1, 0.15) is 5.75 Å². The first-order valence-electron chi connectivity index (χ1n) is 8.28. The van der Waals surface area contributed by atoms with E-state index in [2.05, 4.69) is 15.4 Å². The lowest BCUT2D eigenvalue weighted by Crippen LogP contribution is -2.21. The number of anilines is 1. The van der Waals surface area contributed by atoms with Crippen molar-refractivity contribution in [3.8, 4) is 17.0 Å². The minimum absolute atomic E-state index is 0.133. The number of fused-ring (bicyclic) bond motifs is 1. The van der Waals surface area contributed by atoms with Crippen LogP contribution in [0.3, 0.4) is 0 Å². The number of nitrogens with one attached hydrogen (secondary N) is 1. The largest absolute Gasteiger partial charge is 0.484 e. The summed E-state index contributed by atoms with van der Waals surface area (Å²) in [6.45, 7) is 1.82. The summed E-state index contributed by atoms with van der Waals surface area (Å²) >= 11 is 13.7. The molecule has 6 nitrogen and oxygen atoms in total. The third kappa shape index (κ3) is 3.96. The van der Waals surface area contributed by atoms with E-state index in [9.17, 15) is 4.79 Å². The topological polar surface area (TPSA) is 68.5 Å². The van der Waals surface area contributed by atoms with Crippen LogP contribution >= 0.6 is 34.5 Å². The van der Waals surface area contributed by atoms with Gasteiger partial charge in [0, 0.05) is 16.0 Å². The molecular formula is C19H14Cl2N4O2S. The Kier molecular flexibility index (Phi) is 5.21. The summed E-state index contributed by atoms with van der Waals surface area (Å²) in [6.07, 6.45) is 0. The van der Waals surface area contributed by atoms with Crippen molar-refractivity contribution >= 4 is 51.4 Å². The Morgan fingerprint density at radius 1 is 1.25 bits per heavy atom. The molecule has 0 aliphatic rings. The molecule has 0 spiro atoms. The van der Waals surface area contributed by atoms with E-state index < -0.39 is 0 Å². The van der Waals surface area contributed by atoms with E-state index in [0.717, 1.165) is 16.8 Å². The van der Waals surface area contributed by atoms with E-state index in [4.69, 9.17) is 27.9 Å². The third-order valence-corrected chi connectivity index (χ3v) is 5.26. The number of aromatic nitrogens is 3. The standard InChI is InChI=1S/C19H14Cl2N4O2S/c1-11-3-2-4-13(7-11)27-9-17(26)22-18-23-19-25(24-18)16(10-28-19)14-6-5-12(20)8-15(14)21/h2-8,10H,9H2,1H3,(H,22,24,26). The van der Waals surface area contributed by atoms with E-state index in [1.54, 1.807) is 22.7 Å². The molecule has 9 heteroatoms. The van der Waals surface area contributed by atoms with E-state index in [1.165, 1.54) is 11.3 Å². The zero-order valence-electron chi connectivity index (χ0n) is 14.6. The quantitative estimate of drug-likeness (QED) is 0.476. The number of amides is 1. The molecule has 0 radical (unpaired) electrons. The van der Waals surface area contributed by atoms with Gasteiger partial charge in [-0.25, -0.2) is 4.52 Å². The number of benzene rings is 2. The molecule has 2 heterocycles. The number of ether oxygens (including phenoxy) is 1. The molecule has 0 saturated carbocycles. The van der Waals surface area contributed by atoms with Crippen LogP contribution < -0.4 is 10.1 Å². The second kappa shape index (κ2) is 7.79. The van der Waals surface area contributed by atoms with Crippen LogP contribution in [0.5, 0.6) is 5.75 Å². The highest BCUT2D eigenvalue weighted by Crippen LogP contribution is 2.33. The molecule has 0 bridgehead atoms. The summed E-state index contributed by atoms with van der Waals surface area (Å²) in [6, 6.07) is 12.7. The Morgan fingerprint density at radius 3 is 2.89 bits per heavy atom. The van der Waals surface area contributed by atoms with Crippen molar-refractivity contribution in [1.29, 1.82) is 0 Å². The number of nitrogens with zero attached hydrogens (tertiary/aromatic N) is 3. The Hall–Kier alpha value is -2.61. The zero-order chi connectivity index (χ0) is 19.7. The molecule has 1 N–H and O–H groups in total. The van der Waals surface area contributed by atoms with Crippen molar-refractivity contribution in [3.63, 3.8) is 0 Å². The second-order valence-corrected chi connectivity index (χ2v) is 7.71. The summed E-state index contributed by atoms with van der Waals surface area (Å²) in [5.74, 6) is 0.496. The molecule has 0 atom stereocenters. The zero-order valence-corrected chi connectivity index (χ0v) is 17.0. The first-order valence-corrected chi connectivity index (χ1v) is 9.92. The predicted molar refractivity (Wildman–Crippen MR) is 112 cm³/mol. The summed E-state index contributed by atoms with van der Waals surface area (Å²) < 4.78 is 7.13. The number of hydrogen-bond donors (Lipinski definition) is 1. The Labute approximate surface area is 174 Å². The molecule has 142 valence electrons. The fraction of sp³-hybridized carbons (Fsp3) is 0.105. The normalized spacial score (nSPS) is 11.0. The maximum Gasteiger partial charge on any atom is 0.264 e. The molecule has 0 aliphatic carbocycles. The SMILES string of the molecule is Cc1cccc(OCC(=O)Nc2nc3scc(-c4ccc(Cl)cc4Cl)n3n2)c1. The molecule has 4 rings (SSSR count). The Balaban J connectivity index is 1.49. The van der Waals surface area contributed by atoms with Gasteiger partial charge >= 0.3 is 0 Å². The predicted octanol–water partition coefficient (Wildman–Crippen LogP) is 5.09. The Bertz CT molecular complexity index is 1170. The van der Waals surface area contributed by atoms with Crippen LogP contribution in [0, 0.1) is 6.92 Å². The average molecular weight is 433 g/mol. The van der Waals surface area contributed by atoms with Crippen LogP contribution in [0.2, 0.25) is 10.0 Å². The van der Waals surface area contributed by atoms with Crippen LogP contribution in [0.25, 0.3) is 16.2 Å². The van der Waals surface area contributed by atoms with E-state index >= 15 is 0 Å². The lowest BCUT2D eigenvalue weighted by molar-refractivity contribution is -0.118. The van der Waals surface area contributed by atoms with Gasteiger partial charge in [0.05, 0.1) is 10.7 Å². The van der Waals surface area contributed by atoms with Gasteiger partial charge in [-0.3, -0.25) is 10.1 Å². The summed E-state index contributed by atoms with van der Waals surface area (Å²) in [5.41, 5.74) is 2.61. The molecule has 4 aromatic rings. The molecule has 2 aromatic carbocycles. The van der Waals surface area contributed by atoms with Crippen LogP contribution in [0.1, 0.15) is 5.56 Å². The minimum Gasteiger partial charge on any atom is -0.484 e. The van der Waals surface area contributed by atoms with E-state index in [-0.39, 0.29) is 18.5 Å². The lowest BCUT2D eigenvalue weighted by Gasteiger charge is -2.06. The van der Waals surface area contributed by atoms with Gasteiger partial charge in [-0.1, -0.05) is 35.3 Å². The number of carbonyl (C=O) groups is 1. The molecule has 2 aromatic heterocycles. The summed E-state index contributed by atoms with van der Waals surface area (Å²) in [5, 5.41) is 9.98. The number of thiazole rings is 1. The van der Waals surface area contributed by atoms with Crippen molar-refractivity contribution in [1.82, 2.24) is 14.6 Å². The van der Waals surface area contributed by atoms with Crippen LogP contribution in [-0.2, 0) is 4.79 Å². The smallest absolute Gasteiger partial charge is 0.264 e. The monoisotopic (exact) mass is 432 g/mol. The van der Waals surface area contributed by atoms with Gasteiger partial charge in [0.15, 0.2) is 6.61 Å². The van der Waals surface area contributed by atoms with Gasteiger partial charge in [-0.05, 0) is 42.8 Å². The van der Waals surface area contributed by atoms with Gasteiger partial charge in [0.25, 0.3) is 11.9 Å². The van der Waals surface area contributed by atoms with E-state index in [0.29, 0.717) is 20.8 Å². The maximum absolute atomic E-state index is 12.2. The van der Waals surface area contributed by atoms with Crippen molar-refractivity contribution in [2.45, 2.75) is 6.92 Å². The molecular weight excluding hydrogens is 419 g/mol. The van der Waals surface area contributed by atoms with Crippen LogP contribution in [-0.4, -0.2) is 27.1 Å². The van der Waals surface area contributed by atoms with Gasteiger partial charge in [-0.15, -0.1) is 16.4 Å². The number of aryl methyl sites for hydroxylation is 1. The molecule has 1 amide bonds. The summed E-state index contributed by atoms with van der Waals surface area (Å²) in [7, 11) is 0. The van der Waals surface area contributed by atoms with Crippen molar-refractivity contribution in [2.24, 2.45) is 0 Å². The van der Waals surface area contributed by atoms with Crippen molar-refractivity contribution in [2.75, 3.05) is 11.9 Å². The highest BCUT2D eigenvalue weighted by atomic mass is 35.5. The molecule has 0 saturated heterocycles. The molecule has 0 unspecified atom stereocenters. The number of rotatable bonds is 5. The number of halogens is 2. The van der Waals surface area contributed by atoms with E-state index in [1.807, 2.05) is 36.6 Å².